The van der Waals surface area contributed by atoms with E-state index in [4.69, 9.17) is 33.5 Å². The highest BCUT2D eigenvalue weighted by molar-refractivity contribution is 6.36. The van der Waals surface area contributed by atoms with Crippen molar-refractivity contribution in [3.63, 3.8) is 0 Å². The van der Waals surface area contributed by atoms with Gasteiger partial charge < -0.3 is 10.3 Å². The minimum Gasteiger partial charge on any atom is -0.379 e. The number of hydrogen-bond donors (Lipinski definition) is 1. The van der Waals surface area contributed by atoms with Gasteiger partial charge in [0.1, 0.15) is 0 Å². The van der Waals surface area contributed by atoms with Crippen molar-refractivity contribution < 1.29 is 9.15 Å². The van der Waals surface area contributed by atoms with Crippen LogP contribution in [-0.4, -0.2) is 20.5 Å². The van der Waals surface area contributed by atoms with Gasteiger partial charge in [-0.2, -0.15) is 4.98 Å². The standard InChI is InChI=1S/C10H5Cl2N5O2/c11-4-1-2-5(6(12)3-4)10-14-9(17-18-10)7-8(13)16-19-15-7/h1-3H,(H2,13,16). The summed E-state index contributed by atoms with van der Waals surface area (Å²) in [5, 5.41) is 11.7. The molecule has 0 radical (unpaired) electrons. The molecule has 0 fully saturated rings. The molecule has 0 bridgehead atoms. The predicted octanol–water partition coefficient (Wildman–Crippen LogP) is 2.68. The van der Waals surface area contributed by atoms with Gasteiger partial charge in [0.05, 0.1) is 10.6 Å². The van der Waals surface area contributed by atoms with Crippen LogP contribution in [0.25, 0.3) is 23.0 Å². The van der Waals surface area contributed by atoms with E-state index in [1.54, 1.807) is 18.2 Å². The molecule has 0 unspecified atom stereocenters. The van der Waals surface area contributed by atoms with Crippen LogP contribution in [0.3, 0.4) is 0 Å². The summed E-state index contributed by atoms with van der Waals surface area (Å²) in [6, 6.07) is 4.92. The number of nitrogens with zero attached hydrogens (tertiary/aromatic N) is 4. The third kappa shape index (κ3) is 2.13. The van der Waals surface area contributed by atoms with Crippen LogP contribution in [0.5, 0.6) is 0 Å². The first-order chi connectivity index (χ1) is 9.15. The number of nitrogen functional groups attached to an aromatic ring is 1. The van der Waals surface area contributed by atoms with E-state index in [1.165, 1.54) is 0 Å². The van der Waals surface area contributed by atoms with Crippen LogP contribution in [0, 0.1) is 0 Å². The first-order valence-electron chi connectivity index (χ1n) is 5.02. The van der Waals surface area contributed by atoms with E-state index >= 15 is 0 Å². The fourth-order valence-corrected chi connectivity index (χ4v) is 1.93. The number of aromatic nitrogens is 4. The molecular weight excluding hydrogens is 293 g/mol. The molecular formula is C10H5Cl2N5O2. The zero-order chi connectivity index (χ0) is 13.4. The predicted molar refractivity (Wildman–Crippen MR) is 67.5 cm³/mol. The van der Waals surface area contributed by atoms with Gasteiger partial charge in [0.2, 0.25) is 5.82 Å². The topological polar surface area (TPSA) is 104 Å². The van der Waals surface area contributed by atoms with Crippen molar-refractivity contribution >= 4 is 29.0 Å². The monoisotopic (exact) mass is 297 g/mol. The molecule has 19 heavy (non-hydrogen) atoms. The molecule has 0 amide bonds. The minimum atomic E-state index is 0.0783. The summed E-state index contributed by atoms with van der Waals surface area (Å²) in [5.74, 6) is 0.466. The maximum Gasteiger partial charge on any atom is 0.259 e. The number of anilines is 1. The SMILES string of the molecule is Nc1nonc1-c1noc(-c2ccc(Cl)cc2Cl)n1. The van der Waals surface area contributed by atoms with E-state index in [9.17, 15) is 0 Å². The Balaban J connectivity index is 2.04. The lowest BCUT2D eigenvalue weighted by molar-refractivity contribution is 0.310. The molecule has 0 spiro atoms. The highest BCUT2D eigenvalue weighted by atomic mass is 35.5. The highest BCUT2D eigenvalue weighted by Gasteiger charge is 2.18. The van der Waals surface area contributed by atoms with Crippen molar-refractivity contribution in [3.05, 3.63) is 28.2 Å². The molecule has 2 heterocycles. The molecule has 1 aromatic carbocycles. The summed E-state index contributed by atoms with van der Waals surface area (Å²) >= 11 is 11.9. The normalized spacial score (nSPS) is 10.8. The quantitative estimate of drug-likeness (QED) is 0.775. The van der Waals surface area contributed by atoms with Gasteiger partial charge in [-0.25, -0.2) is 4.63 Å². The van der Waals surface area contributed by atoms with E-state index in [1.807, 2.05) is 0 Å². The highest BCUT2D eigenvalue weighted by Crippen LogP contribution is 2.30. The average Bonchev–Trinajstić information content (AvgIpc) is 2.97. The van der Waals surface area contributed by atoms with Gasteiger partial charge in [-0.05, 0) is 28.5 Å². The van der Waals surface area contributed by atoms with Gasteiger partial charge in [-0.3, -0.25) is 0 Å². The molecule has 0 aliphatic carbocycles. The second-order valence-corrected chi connectivity index (χ2v) is 4.39. The Morgan fingerprint density at radius 3 is 2.63 bits per heavy atom. The van der Waals surface area contributed by atoms with Gasteiger partial charge in [-0.15, -0.1) is 0 Å². The molecule has 2 aromatic heterocycles. The number of halogens is 2. The van der Waals surface area contributed by atoms with Crippen LogP contribution in [0.4, 0.5) is 5.82 Å². The number of benzene rings is 1. The number of nitrogens with two attached hydrogens (primary N) is 1. The molecule has 0 saturated carbocycles. The van der Waals surface area contributed by atoms with Crippen LogP contribution in [0.2, 0.25) is 10.0 Å². The molecule has 7 nitrogen and oxygen atoms in total. The summed E-state index contributed by atoms with van der Waals surface area (Å²) in [6.07, 6.45) is 0. The van der Waals surface area contributed by atoms with Gasteiger partial charge in [0.15, 0.2) is 11.5 Å². The lowest BCUT2D eigenvalue weighted by Gasteiger charge is -1.98. The van der Waals surface area contributed by atoms with Gasteiger partial charge in [0.25, 0.3) is 5.89 Å². The molecule has 0 aliphatic heterocycles. The minimum absolute atomic E-state index is 0.0783. The number of hydrogen-bond acceptors (Lipinski definition) is 7. The molecule has 9 heteroatoms. The largest absolute Gasteiger partial charge is 0.379 e. The molecule has 0 atom stereocenters. The second kappa shape index (κ2) is 4.52. The second-order valence-electron chi connectivity index (χ2n) is 3.55. The van der Waals surface area contributed by atoms with E-state index in [-0.39, 0.29) is 23.2 Å². The van der Waals surface area contributed by atoms with Crippen molar-refractivity contribution in [2.24, 2.45) is 0 Å². The van der Waals surface area contributed by atoms with Crippen molar-refractivity contribution in [2.45, 2.75) is 0 Å². The van der Waals surface area contributed by atoms with Gasteiger partial charge >= 0.3 is 0 Å². The fraction of sp³-hybridized carbons (Fsp3) is 0. The summed E-state index contributed by atoms with van der Waals surface area (Å²) < 4.78 is 9.56. The van der Waals surface area contributed by atoms with Crippen LogP contribution < -0.4 is 5.73 Å². The maximum atomic E-state index is 6.05. The van der Waals surface area contributed by atoms with Crippen LogP contribution in [-0.2, 0) is 0 Å². The first kappa shape index (κ1) is 11.9. The van der Waals surface area contributed by atoms with Gasteiger partial charge in [-0.1, -0.05) is 28.4 Å². The Morgan fingerprint density at radius 1 is 1.11 bits per heavy atom. The lowest BCUT2D eigenvalue weighted by Crippen LogP contribution is -1.90. The summed E-state index contributed by atoms with van der Waals surface area (Å²) in [7, 11) is 0. The van der Waals surface area contributed by atoms with Crippen LogP contribution >= 0.6 is 23.2 Å². The summed E-state index contributed by atoms with van der Waals surface area (Å²) in [5.41, 5.74) is 6.30. The molecule has 2 N–H and O–H groups in total. The smallest absolute Gasteiger partial charge is 0.259 e. The number of rotatable bonds is 2. The Bertz CT molecular complexity index is 739. The zero-order valence-corrected chi connectivity index (χ0v) is 10.7. The van der Waals surface area contributed by atoms with E-state index in [2.05, 4.69) is 25.1 Å². The van der Waals surface area contributed by atoms with Crippen LogP contribution in [0.1, 0.15) is 0 Å². The van der Waals surface area contributed by atoms with Crippen molar-refractivity contribution in [2.75, 3.05) is 5.73 Å². The van der Waals surface area contributed by atoms with E-state index in [0.717, 1.165) is 0 Å². The lowest BCUT2D eigenvalue weighted by atomic mass is 10.2. The summed E-state index contributed by atoms with van der Waals surface area (Å²) in [6.45, 7) is 0. The third-order valence-corrected chi connectivity index (χ3v) is 2.86. The molecule has 3 rings (SSSR count). The Kier molecular flexibility index (Phi) is 2.84. The maximum absolute atomic E-state index is 6.05. The Labute approximate surface area is 116 Å². The van der Waals surface area contributed by atoms with Crippen LogP contribution in [0.15, 0.2) is 27.4 Å². The average molecular weight is 298 g/mol. The molecule has 96 valence electrons. The fourth-order valence-electron chi connectivity index (χ4n) is 1.44. The molecule has 0 aliphatic rings. The van der Waals surface area contributed by atoms with Crippen molar-refractivity contribution in [1.82, 2.24) is 20.5 Å². The molecule has 0 saturated heterocycles. The van der Waals surface area contributed by atoms with E-state index in [0.29, 0.717) is 15.6 Å². The summed E-state index contributed by atoms with van der Waals surface area (Å²) in [4.78, 5) is 4.13. The Morgan fingerprint density at radius 2 is 1.95 bits per heavy atom. The molecule has 3 aromatic rings. The van der Waals surface area contributed by atoms with Crippen molar-refractivity contribution in [3.8, 4) is 23.0 Å². The van der Waals surface area contributed by atoms with E-state index < -0.39 is 0 Å². The van der Waals surface area contributed by atoms with Crippen molar-refractivity contribution in [1.29, 1.82) is 0 Å². The first-order valence-corrected chi connectivity index (χ1v) is 5.78. The Hall–Kier alpha value is -2.12. The van der Waals surface area contributed by atoms with Gasteiger partial charge in [0, 0.05) is 5.02 Å². The zero-order valence-electron chi connectivity index (χ0n) is 9.17. The third-order valence-electron chi connectivity index (χ3n) is 2.31.